The number of hydrogen-bond acceptors (Lipinski definition) is 4. The summed E-state index contributed by atoms with van der Waals surface area (Å²) in [7, 11) is 0. The Kier molecular flexibility index (Phi) is 4.26. The molecule has 0 radical (unpaired) electrons. The van der Waals surface area contributed by atoms with Gasteiger partial charge in [-0.25, -0.2) is 0 Å². The van der Waals surface area contributed by atoms with E-state index in [1.54, 1.807) is 0 Å². The lowest BCUT2D eigenvalue weighted by molar-refractivity contribution is -0.385. The average molecular weight is 273 g/mol. The standard InChI is InChI=1S/C11H13ClN2O4/c1-11(2,16)6-13-10(15)9-7(12)4-3-5-8(9)14(17)18/h3-5,16H,6H2,1-2H3,(H,13,15). The van der Waals surface area contributed by atoms with Crippen LogP contribution in [0.5, 0.6) is 0 Å². The second-order valence-electron chi connectivity index (χ2n) is 4.39. The number of amides is 1. The minimum absolute atomic E-state index is 0.00236. The van der Waals surface area contributed by atoms with Crippen molar-refractivity contribution in [3.05, 3.63) is 38.9 Å². The third kappa shape index (κ3) is 3.68. The number of rotatable bonds is 4. The Morgan fingerprint density at radius 1 is 1.56 bits per heavy atom. The summed E-state index contributed by atoms with van der Waals surface area (Å²) >= 11 is 5.79. The first-order chi connectivity index (χ1) is 8.22. The Hall–Kier alpha value is -1.66. The van der Waals surface area contributed by atoms with Gasteiger partial charge in [-0.15, -0.1) is 0 Å². The third-order valence-electron chi connectivity index (χ3n) is 2.10. The lowest BCUT2D eigenvalue weighted by Crippen LogP contribution is -2.38. The van der Waals surface area contributed by atoms with Crippen molar-refractivity contribution in [1.82, 2.24) is 5.32 Å². The van der Waals surface area contributed by atoms with Crippen molar-refractivity contribution < 1.29 is 14.8 Å². The van der Waals surface area contributed by atoms with Crippen molar-refractivity contribution in [3.8, 4) is 0 Å². The topological polar surface area (TPSA) is 92.5 Å². The zero-order valence-electron chi connectivity index (χ0n) is 9.94. The number of nitro groups is 1. The first-order valence-electron chi connectivity index (χ1n) is 5.16. The number of aliphatic hydroxyl groups is 1. The fourth-order valence-electron chi connectivity index (χ4n) is 1.27. The molecule has 1 aromatic carbocycles. The molecule has 0 heterocycles. The monoisotopic (exact) mass is 272 g/mol. The normalized spacial score (nSPS) is 11.1. The van der Waals surface area contributed by atoms with Gasteiger partial charge in [0.1, 0.15) is 5.56 Å². The molecule has 1 rings (SSSR count). The molecule has 98 valence electrons. The van der Waals surface area contributed by atoms with Crippen LogP contribution in [0.4, 0.5) is 5.69 Å². The summed E-state index contributed by atoms with van der Waals surface area (Å²) in [6.45, 7) is 2.98. The van der Waals surface area contributed by atoms with Crippen LogP contribution >= 0.6 is 11.6 Å². The Bertz CT molecular complexity index is 482. The zero-order valence-corrected chi connectivity index (χ0v) is 10.7. The van der Waals surface area contributed by atoms with Gasteiger partial charge in [-0.2, -0.15) is 0 Å². The van der Waals surface area contributed by atoms with E-state index >= 15 is 0 Å². The summed E-state index contributed by atoms with van der Waals surface area (Å²) in [5, 5.41) is 22.7. The lowest BCUT2D eigenvalue weighted by Gasteiger charge is -2.17. The van der Waals surface area contributed by atoms with Crippen LogP contribution in [0.1, 0.15) is 24.2 Å². The molecule has 2 N–H and O–H groups in total. The second kappa shape index (κ2) is 5.32. The van der Waals surface area contributed by atoms with Gasteiger partial charge in [-0.1, -0.05) is 17.7 Å². The smallest absolute Gasteiger partial charge is 0.283 e. The molecule has 1 amide bonds. The fraction of sp³-hybridized carbons (Fsp3) is 0.364. The maximum absolute atomic E-state index is 11.8. The van der Waals surface area contributed by atoms with E-state index in [1.165, 1.54) is 32.0 Å². The molecule has 18 heavy (non-hydrogen) atoms. The van der Waals surface area contributed by atoms with Gasteiger partial charge in [0, 0.05) is 12.6 Å². The van der Waals surface area contributed by atoms with E-state index in [0.29, 0.717) is 0 Å². The number of carbonyl (C=O) groups excluding carboxylic acids is 1. The summed E-state index contributed by atoms with van der Waals surface area (Å²) in [5.41, 5.74) is -1.67. The molecule has 0 aliphatic rings. The first-order valence-corrected chi connectivity index (χ1v) is 5.53. The molecule has 0 saturated heterocycles. The number of carbonyl (C=O) groups is 1. The maximum Gasteiger partial charge on any atom is 0.283 e. The Morgan fingerprint density at radius 3 is 2.67 bits per heavy atom. The Balaban J connectivity index is 3.02. The highest BCUT2D eigenvalue weighted by atomic mass is 35.5. The van der Waals surface area contributed by atoms with E-state index in [0.717, 1.165) is 0 Å². The fourth-order valence-corrected chi connectivity index (χ4v) is 1.53. The number of halogens is 1. The predicted molar refractivity (Wildman–Crippen MR) is 66.7 cm³/mol. The molecule has 0 unspecified atom stereocenters. The van der Waals surface area contributed by atoms with Crippen LogP contribution in [0.15, 0.2) is 18.2 Å². The van der Waals surface area contributed by atoms with Crippen LogP contribution in [-0.2, 0) is 0 Å². The van der Waals surface area contributed by atoms with Crippen molar-refractivity contribution in [2.45, 2.75) is 19.4 Å². The Labute approximate surface area is 109 Å². The summed E-state index contributed by atoms with van der Waals surface area (Å²) in [5.74, 6) is -0.686. The summed E-state index contributed by atoms with van der Waals surface area (Å²) in [6, 6.07) is 3.99. The van der Waals surface area contributed by atoms with Crippen LogP contribution in [-0.4, -0.2) is 28.1 Å². The van der Waals surface area contributed by atoms with Crippen LogP contribution in [0.25, 0.3) is 0 Å². The van der Waals surface area contributed by atoms with Gasteiger partial charge in [0.05, 0.1) is 15.5 Å². The first kappa shape index (κ1) is 14.4. The SMILES string of the molecule is CC(C)(O)CNC(=O)c1c(Cl)cccc1[N+](=O)[O-]. The van der Waals surface area contributed by atoms with Crippen molar-refractivity contribution in [3.63, 3.8) is 0 Å². The van der Waals surface area contributed by atoms with Gasteiger partial charge < -0.3 is 10.4 Å². The molecule has 0 spiro atoms. The molecule has 0 bridgehead atoms. The Morgan fingerprint density at radius 2 is 2.17 bits per heavy atom. The van der Waals surface area contributed by atoms with Crippen molar-refractivity contribution in [2.24, 2.45) is 0 Å². The quantitative estimate of drug-likeness (QED) is 0.645. The highest BCUT2D eigenvalue weighted by Gasteiger charge is 2.24. The largest absolute Gasteiger partial charge is 0.389 e. The molecular weight excluding hydrogens is 260 g/mol. The summed E-state index contributed by atoms with van der Waals surface area (Å²) in [4.78, 5) is 21.9. The minimum Gasteiger partial charge on any atom is -0.389 e. The van der Waals surface area contributed by atoms with Crippen molar-refractivity contribution in [2.75, 3.05) is 6.54 Å². The van der Waals surface area contributed by atoms with Crippen LogP contribution in [0.2, 0.25) is 5.02 Å². The molecular formula is C11H13ClN2O4. The third-order valence-corrected chi connectivity index (χ3v) is 2.41. The molecule has 6 nitrogen and oxygen atoms in total. The molecule has 1 aromatic rings. The number of nitrogens with zero attached hydrogens (tertiary/aromatic N) is 1. The van der Waals surface area contributed by atoms with Crippen LogP contribution in [0.3, 0.4) is 0 Å². The number of hydrogen-bond donors (Lipinski definition) is 2. The molecule has 0 fully saturated rings. The average Bonchev–Trinajstić information content (AvgIpc) is 2.24. The minimum atomic E-state index is -1.11. The van der Waals surface area contributed by atoms with E-state index < -0.39 is 16.4 Å². The van der Waals surface area contributed by atoms with Crippen molar-refractivity contribution >= 4 is 23.2 Å². The highest BCUT2D eigenvalue weighted by Crippen LogP contribution is 2.25. The van der Waals surface area contributed by atoms with Gasteiger partial charge in [-0.05, 0) is 19.9 Å². The molecule has 0 aromatic heterocycles. The van der Waals surface area contributed by atoms with Gasteiger partial charge in [0.2, 0.25) is 0 Å². The van der Waals surface area contributed by atoms with E-state index in [9.17, 15) is 20.0 Å². The number of benzene rings is 1. The second-order valence-corrected chi connectivity index (χ2v) is 4.79. The molecule has 0 saturated carbocycles. The summed E-state index contributed by atoms with van der Waals surface area (Å²) in [6.07, 6.45) is 0. The zero-order chi connectivity index (χ0) is 13.9. The lowest BCUT2D eigenvalue weighted by atomic mass is 10.1. The number of nitrogens with one attached hydrogen (secondary N) is 1. The molecule has 0 aliphatic carbocycles. The van der Waals surface area contributed by atoms with E-state index in [2.05, 4.69) is 5.32 Å². The van der Waals surface area contributed by atoms with E-state index in [1.807, 2.05) is 0 Å². The van der Waals surface area contributed by atoms with Gasteiger partial charge in [0.25, 0.3) is 11.6 Å². The van der Waals surface area contributed by atoms with Crippen LogP contribution < -0.4 is 5.32 Å². The van der Waals surface area contributed by atoms with Gasteiger partial charge in [-0.3, -0.25) is 14.9 Å². The van der Waals surface area contributed by atoms with Gasteiger partial charge >= 0.3 is 0 Å². The van der Waals surface area contributed by atoms with E-state index in [4.69, 9.17) is 11.6 Å². The van der Waals surface area contributed by atoms with E-state index in [-0.39, 0.29) is 22.8 Å². The highest BCUT2D eigenvalue weighted by molar-refractivity contribution is 6.34. The van der Waals surface area contributed by atoms with Crippen LogP contribution in [0, 0.1) is 10.1 Å². The summed E-state index contributed by atoms with van der Waals surface area (Å²) < 4.78 is 0. The number of nitro benzene ring substituents is 1. The molecule has 0 atom stereocenters. The maximum atomic E-state index is 11.8. The predicted octanol–water partition coefficient (Wildman–Crippen LogP) is 1.75. The van der Waals surface area contributed by atoms with Crippen molar-refractivity contribution in [1.29, 1.82) is 0 Å². The molecule has 0 aliphatic heterocycles. The van der Waals surface area contributed by atoms with Gasteiger partial charge in [0.15, 0.2) is 0 Å². The molecule has 7 heteroatoms.